The largest absolute Gasteiger partial charge is 0.347 e. The number of fused-ring (bicyclic) bond motifs is 1. The third-order valence-corrected chi connectivity index (χ3v) is 9.93. The molecule has 2 heterocycles. The van der Waals surface area contributed by atoms with Gasteiger partial charge in [0.15, 0.2) is 0 Å². The van der Waals surface area contributed by atoms with Gasteiger partial charge in [0.2, 0.25) is 24.1 Å². The Bertz CT molecular complexity index is 1320. The average molecular weight is 696 g/mol. The van der Waals surface area contributed by atoms with Crippen LogP contribution in [0.25, 0.3) is 0 Å². The van der Waals surface area contributed by atoms with E-state index in [4.69, 9.17) is 0 Å². The molecule has 4 N–H and O–H groups in total. The molecule has 1 saturated carbocycles. The van der Waals surface area contributed by atoms with Crippen LogP contribution in [0.1, 0.15) is 77.7 Å². The van der Waals surface area contributed by atoms with Crippen LogP contribution in [-0.2, 0) is 24.0 Å². The molecule has 266 valence electrons. The Morgan fingerprint density at radius 2 is 1.62 bits per heavy atom. The van der Waals surface area contributed by atoms with Gasteiger partial charge in [0.1, 0.15) is 29.2 Å². The summed E-state index contributed by atoms with van der Waals surface area (Å²) in [7, 11) is 0. The van der Waals surface area contributed by atoms with Gasteiger partial charge in [-0.3, -0.25) is 33.8 Å². The molecule has 3 rings (SSSR count). The zero-order valence-corrected chi connectivity index (χ0v) is 29.0. The topological polar surface area (TPSA) is 180 Å². The standard InChI is InChI=1S/C32H47F2N7O6S/c1-7-18(6)37-30(46)26(42)31(48-15-22(33)34)40-29(45)25-20-10-8-9-19(20)14-41(25)32(47)24(17(4)5)39-28(44)23(16(2)3)38-27(43)21-13-35-11-12-36-21/h11-13,16-20,22-25,31H,7-10,14-15H2,1-6H3,(H,37,46)(H,38,43)(H,39,44)(H,40,45)/t18-,19-,20-,23?,24?,25-,31?/m0/s1. The highest BCUT2D eigenvalue weighted by molar-refractivity contribution is 8.00. The van der Waals surface area contributed by atoms with Gasteiger partial charge in [-0.1, -0.05) is 41.0 Å². The molecule has 5 amide bonds. The minimum atomic E-state index is -2.79. The second-order valence-electron chi connectivity index (χ2n) is 13.1. The fourth-order valence-electron chi connectivity index (χ4n) is 6.05. The van der Waals surface area contributed by atoms with E-state index < -0.39 is 76.9 Å². The number of amides is 5. The predicted octanol–water partition coefficient (Wildman–Crippen LogP) is 1.92. The van der Waals surface area contributed by atoms with Crippen LogP contribution >= 0.6 is 11.8 Å². The van der Waals surface area contributed by atoms with Crippen molar-refractivity contribution < 1.29 is 37.5 Å². The fraction of sp³-hybridized carbons (Fsp3) is 0.688. The number of ketones is 1. The lowest BCUT2D eigenvalue weighted by Gasteiger charge is -2.33. The summed E-state index contributed by atoms with van der Waals surface area (Å²) in [5.41, 5.74) is 0.0192. The molecular weight excluding hydrogens is 648 g/mol. The molecule has 48 heavy (non-hydrogen) atoms. The number of nitrogens with one attached hydrogen (secondary N) is 4. The third kappa shape index (κ3) is 9.92. The van der Waals surface area contributed by atoms with Crippen LogP contribution in [0.2, 0.25) is 0 Å². The van der Waals surface area contributed by atoms with E-state index in [1.54, 1.807) is 41.5 Å². The van der Waals surface area contributed by atoms with E-state index in [1.807, 2.05) is 0 Å². The van der Waals surface area contributed by atoms with Crippen LogP contribution in [0.15, 0.2) is 18.6 Å². The minimum absolute atomic E-state index is 0.0144. The first-order chi connectivity index (χ1) is 22.7. The Hall–Kier alpha value is -3.69. The maximum Gasteiger partial charge on any atom is 0.290 e. The zero-order chi connectivity index (χ0) is 35.7. The van der Waals surface area contributed by atoms with Gasteiger partial charge in [0, 0.05) is 25.0 Å². The van der Waals surface area contributed by atoms with E-state index in [0.29, 0.717) is 24.6 Å². The van der Waals surface area contributed by atoms with Gasteiger partial charge in [0.25, 0.3) is 17.6 Å². The van der Waals surface area contributed by atoms with Crippen molar-refractivity contribution in [2.75, 3.05) is 12.3 Å². The third-order valence-electron chi connectivity index (χ3n) is 8.82. The lowest BCUT2D eigenvalue weighted by atomic mass is 9.93. The van der Waals surface area contributed by atoms with Crippen LogP contribution in [0.3, 0.4) is 0 Å². The molecule has 3 unspecified atom stereocenters. The Morgan fingerprint density at radius 1 is 0.938 bits per heavy atom. The highest BCUT2D eigenvalue weighted by Crippen LogP contribution is 2.43. The molecule has 1 aromatic heterocycles. The van der Waals surface area contributed by atoms with Gasteiger partial charge in [0.05, 0.1) is 11.9 Å². The molecule has 2 aliphatic rings. The van der Waals surface area contributed by atoms with Gasteiger partial charge in [-0.25, -0.2) is 13.8 Å². The molecule has 7 atom stereocenters. The molecule has 1 aliphatic heterocycles. The SMILES string of the molecule is CC[C@H](C)NC(=O)C(=O)C(NC(=O)[C@@H]1[C@H]2CCC[C@H]2CN1C(=O)C(NC(=O)C(NC(=O)c1cnccn1)C(C)C)C(C)C)SCC(F)F. The summed E-state index contributed by atoms with van der Waals surface area (Å²) in [5, 5.41) is 8.87. The number of thioether (sulfide) groups is 1. The first kappa shape index (κ1) is 38.8. The highest BCUT2D eigenvalue weighted by Gasteiger charge is 2.51. The number of hydrogen-bond acceptors (Lipinski definition) is 9. The lowest BCUT2D eigenvalue weighted by Crippen LogP contribution is -2.60. The van der Waals surface area contributed by atoms with Crippen LogP contribution in [0, 0.1) is 23.7 Å². The Kier molecular flexibility index (Phi) is 14.2. The molecule has 0 radical (unpaired) electrons. The number of hydrogen-bond donors (Lipinski definition) is 4. The summed E-state index contributed by atoms with van der Waals surface area (Å²) < 4.78 is 26.4. The van der Waals surface area contributed by atoms with E-state index in [2.05, 4.69) is 31.2 Å². The van der Waals surface area contributed by atoms with Gasteiger partial charge < -0.3 is 26.2 Å². The number of likely N-dealkylation sites (tertiary alicyclic amines) is 1. The number of alkyl halides is 2. The lowest BCUT2D eigenvalue weighted by molar-refractivity contribution is -0.144. The van der Waals surface area contributed by atoms with Crippen molar-refractivity contribution in [3.8, 4) is 0 Å². The number of halogens is 2. The van der Waals surface area contributed by atoms with E-state index >= 15 is 0 Å². The van der Waals surface area contributed by atoms with Crippen LogP contribution in [0.4, 0.5) is 8.78 Å². The van der Waals surface area contributed by atoms with Crippen LogP contribution in [0.5, 0.6) is 0 Å². The number of nitrogens with zero attached hydrogens (tertiary/aromatic N) is 3. The quantitative estimate of drug-likeness (QED) is 0.149. The van der Waals surface area contributed by atoms with Crippen molar-refractivity contribution >= 4 is 47.1 Å². The maximum atomic E-state index is 14.2. The first-order valence-corrected chi connectivity index (χ1v) is 17.4. The van der Waals surface area contributed by atoms with Gasteiger partial charge in [-0.15, -0.1) is 11.8 Å². The molecule has 1 saturated heterocycles. The van der Waals surface area contributed by atoms with Crippen molar-refractivity contribution in [3.05, 3.63) is 24.3 Å². The number of rotatable bonds is 16. The van der Waals surface area contributed by atoms with Crippen LogP contribution in [-0.4, -0.2) is 98.5 Å². The number of carbonyl (C=O) groups is 6. The summed E-state index contributed by atoms with van der Waals surface area (Å²) >= 11 is 0.456. The summed E-state index contributed by atoms with van der Waals surface area (Å²) in [4.78, 5) is 89.3. The molecule has 2 fully saturated rings. The summed E-state index contributed by atoms with van der Waals surface area (Å²) in [5.74, 6) is -6.37. The second-order valence-corrected chi connectivity index (χ2v) is 14.2. The second kappa shape index (κ2) is 17.6. The monoisotopic (exact) mass is 695 g/mol. The summed E-state index contributed by atoms with van der Waals surface area (Å²) in [6, 6.07) is -3.49. The molecule has 0 bridgehead atoms. The summed E-state index contributed by atoms with van der Waals surface area (Å²) in [6.07, 6.45) is 3.99. The smallest absolute Gasteiger partial charge is 0.290 e. The normalized spacial score (nSPS) is 21.3. The number of carbonyl (C=O) groups excluding carboxylic acids is 6. The molecule has 0 aromatic carbocycles. The van der Waals surface area contributed by atoms with Crippen molar-refractivity contribution in [3.63, 3.8) is 0 Å². The van der Waals surface area contributed by atoms with Crippen molar-refractivity contribution in [2.24, 2.45) is 23.7 Å². The van der Waals surface area contributed by atoms with Crippen molar-refractivity contribution in [2.45, 2.75) is 103 Å². The van der Waals surface area contributed by atoms with Gasteiger partial charge in [-0.2, -0.15) is 0 Å². The molecule has 1 aliphatic carbocycles. The average Bonchev–Trinajstić information content (AvgIpc) is 3.65. The molecule has 0 spiro atoms. The van der Waals surface area contributed by atoms with E-state index in [-0.39, 0.29) is 36.0 Å². The Balaban J connectivity index is 1.83. The van der Waals surface area contributed by atoms with E-state index in [9.17, 15) is 37.5 Å². The van der Waals surface area contributed by atoms with E-state index in [0.717, 1.165) is 12.8 Å². The number of Topliss-reactive ketones (excluding diaryl/α,β-unsaturated/α-hetero) is 1. The molecule has 13 nitrogen and oxygen atoms in total. The molecule has 16 heteroatoms. The first-order valence-electron chi connectivity index (χ1n) is 16.4. The highest BCUT2D eigenvalue weighted by atomic mass is 32.2. The Labute approximate surface area is 283 Å². The zero-order valence-electron chi connectivity index (χ0n) is 28.2. The molecule has 1 aromatic rings. The van der Waals surface area contributed by atoms with Gasteiger partial charge in [-0.05, 0) is 49.9 Å². The number of aromatic nitrogens is 2. The van der Waals surface area contributed by atoms with Crippen molar-refractivity contribution in [1.29, 1.82) is 0 Å². The fourth-order valence-corrected chi connectivity index (χ4v) is 6.85. The summed E-state index contributed by atoms with van der Waals surface area (Å²) in [6.45, 7) is 10.7. The van der Waals surface area contributed by atoms with E-state index in [1.165, 1.54) is 23.5 Å². The minimum Gasteiger partial charge on any atom is -0.347 e. The van der Waals surface area contributed by atoms with Crippen LogP contribution < -0.4 is 21.3 Å². The molecular formula is C32H47F2N7O6S. The predicted molar refractivity (Wildman–Crippen MR) is 175 cm³/mol. The maximum absolute atomic E-state index is 14.2. The Morgan fingerprint density at radius 3 is 2.21 bits per heavy atom. The van der Waals surface area contributed by atoms with Gasteiger partial charge >= 0.3 is 0 Å². The van der Waals surface area contributed by atoms with Crippen molar-refractivity contribution in [1.82, 2.24) is 36.1 Å².